The molecule has 0 bridgehead atoms. The molecule has 0 saturated carbocycles. The van der Waals surface area contributed by atoms with E-state index in [1.807, 2.05) is 4.90 Å². The predicted molar refractivity (Wildman–Crippen MR) is 53.8 cm³/mol. The summed E-state index contributed by atoms with van der Waals surface area (Å²) in [6.07, 6.45) is 1.99. The maximum Gasteiger partial charge on any atom is 0.327 e. The Bertz CT molecular complexity index is 186. The molecule has 0 aromatic rings. The molecule has 0 rings (SSSR count). The molecule has 0 aliphatic heterocycles. The summed E-state index contributed by atoms with van der Waals surface area (Å²) in [6, 6.07) is 0. The summed E-state index contributed by atoms with van der Waals surface area (Å²) in [4.78, 5) is 23.6. The van der Waals surface area contributed by atoms with E-state index in [1.54, 1.807) is 0 Å². The van der Waals surface area contributed by atoms with E-state index in [1.165, 1.54) is 6.92 Å². The largest absolute Gasteiger partial charge is 0.392 e. The maximum absolute atomic E-state index is 11.1. The zero-order valence-corrected chi connectivity index (χ0v) is 9.21. The number of hydrogen-bond donors (Lipinski definition) is 0. The van der Waals surface area contributed by atoms with Crippen LogP contribution in [-0.4, -0.2) is 36.5 Å². The van der Waals surface area contributed by atoms with Gasteiger partial charge in [-0.2, -0.15) is 0 Å². The van der Waals surface area contributed by atoms with Crippen molar-refractivity contribution in [1.82, 2.24) is 4.90 Å². The van der Waals surface area contributed by atoms with E-state index in [0.717, 1.165) is 25.9 Å². The van der Waals surface area contributed by atoms with Gasteiger partial charge in [-0.3, -0.25) is 14.5 Å². The van der Waals surface area contributed by atoms with Crippen molar-refractivity contribution >= 4 is 11.9 Å². The van der Waals surface area contributed by atoms with Gasteiger partial charge < -0.3 is 4.74 Å². The number of carbonyl (C=O) groups excluding carboxylic acids is 2. The number of hydrogen-bond acceptors (Lipinski definition) is 4. The first kappa shape index (κ1) is 13.1. The van der Waals surface area contributed by atoms with Crippen LogP contribution in [0.15, 0.2) is 0 Å². The van der Waals surface area contributed by atoms with Gasteiger partial charge in [-0.1, -0.05) is 13.8 Å². The Morgan fingerprint density at radius 1 is 1.14 bits per heavy atom. The molecule has 0 atom stereocenters. The first-order chi connectivity index (χ1) is 6.60. The van der Waals surface area contributed by atoms with Gasteiger partial charge in [0.1, 0.15) is 0 Å². The Kier molecular flexibility index (Phi) is 7.02. The lowest BCUT2D eigenvalue weighted by molar-refractivity contribution is -0.158. The maximum atomic E-state index is 11.1. The highest BCUT2D eigenvalue weighted by Gasteiger charge is 2.11. The highest BCUT2D eigenvalue weighted by Crippen LogP contribution is 1.95. The van der Waals surface area contributed by atoms with Crippen LogP contribution in [0, 0.1) is 0 Å². The van der Waals surface area contributed by atoms with Gasteiger partial charge in [0.2, 0.25) is 0 Å². The molecule has 4 heteroatoms. The fraction of sp³-hybridized carbons (Fsp3) is 0.800. The van der Waals surface area contributed by atoms with Gasteiger partial charge in [0.15, 0.2) is 0 Å². The Morgan fingerprint density at radius 2 is 1.64 bits per heavy atom. The molecule has 0 N–H and O–H groups in total. The van der Waals surface area contributed by atoms with E-state index in [2.05, 4.69) is 18.6 Å². The summed E-state index contributed by atoms with van der Waals surface area (Å²) in [5.41, 5.74) is 0. The Hall–Kier alpha value is -0.900. The molecule has 0 saturated heterocycles. The summed E-state index contributed by atoms with van der Waals surface area (Å²) in [7, 11) is 0. The number of carbonyl (C=O) groups is 2. The van der Waals surface area contributed by atoms with Crippen LogP contribution in [0.5, 0.6) is 0 Å². The third-order valence-corrected chi connectivity index (χ3v) is 1.69. The Labute approximate surface area is 85.2 Å². The van der Waals surface area contributed by atoms with Crippen LogP contribution in [0.25, 0.3) is 0 Å². The molecule has 0 aromatic carbocycles. The molecule has 14 heavy (non-hydrogen) atoms. The quantitative estimate of drug-likeness (QED) is 0.478. The van der Waals surface area contributed by atoms with Gasteiger partial charge in [-0.05, 0) is 25.9 Å². The third-order valence-electron chi connectivity index (χ3n) is 1.69. The third kappa shape index (κ3) is 6.60. The molecule has 0 heterocycles. The fourth-order valence-corrected chi connectivity index (χ4v) is 1.28. The van der Waals surface area contributed by atoms with Gasteiger partial charge in [0.05, 0.1) is 6.54 Å². The molecule has 0 fully saturated rings. The van der Waals surface area contributed by atoms with E-state index < -0.39 is 11.9 Å². The second-order valence-electron chi connectivity index (χ2n) is 3.24. The minimum Gasteiger partial charge on any atom is -0.392 e. The van der Waals surface area contributed by atoms with Gasteiger partial charge in [-0.25, -0.2) is 0 Å². The molecule has 4 nitrogen and oxygen atoms in total. The average Bonchev–Trinajstić information content (AvgIpc) is 2.03. The van der Waals surface area contributed by atoms with E-state index >= 15 is 0 Å². The Balaban J connectivity index is 3.88. The standard InChI is InChI=1S/C10H19NO3/c1-4-6-11(7-5-2)8-10(13)14-9(3)12/h4-8H2,1-3H3. The molecule has 0 aliphatic rings. The van der Waals surface area contributed by atoms with Crippen molar-refractivity contribution < 1.29 is 14.3 Å². The van der Waals surface area contributed by atoms with Crippen molar-refractivity contribution in [2.45, 2.75) is 33.6 Å². The first-order valence-electron chi connectivity index (χ1n) is 5.03. The topological polar surface area (TPSA) is 46.6 Å². The zero-order chi connectivity index (χ0) is 11.0. The van der Waals surface area contributed by atoms with Crippen molar-refractivity contribution in [3.63, 3.8) is 0 Å². The lowest BCUT2D eigenvalue weighted by Crippen LogP contribution is -2.33. The van der Waals surface area contributed by atoms with Crippen molar-refractivity contribution in [2.75, 3.05) is 19.6 Å². The SMILES string of the molecule is CCCN(CCC)CC(=O)OC(C)=O. The number of ether oxygens (including phenoxy) is 1. The molecule has 0 radical (unpaired) electrons. The highest BCUT2D eigenvalue weighted by atomic mass is 16.6. The van der Waals surface area contributed by atoms with E-state index in [4.69, 9.17) is 0 Å². The van der Waals surface area contributed by atoms with Gasteiger partial charge in [0.25, 0.3) is 0 Å². The summed E-state index contributed by atoms with van der Waals surface area (Å²) >= 11 is 0. The molecule has 0 aliphatic carbocycles. The molecular weight excluding hydrogens is 182 g/mol. The lowest BCUT2D eigenvalue weighted by atomic mass is 10.3. The van der Waals surface area contributed by atoms with E-state index in [0.29, 0.717) is 0 Å². The molecule has 0 unspecified atom stereocenters. The minimum atomic E-state index is -0.539. The molecule has 0 aromatic heterocycles. The summed E-state index contributed by atoms with van der Waals surface area (Å²) < 4.78 is 4.45. The normalized spacial score (nSPS) is 10.3. The van der Waals surface area contributed by atoms with Crippen LogP contribution >= 0.6 is 0 Å². The van der Waals surface area contributed by atoms with Crippen molar-refractivity contribution in [1.29, 1.82) is 0 Å². The molecule has 0 amide bonds. The van der Waals surface area contributed by atoms with Crippen molar-refractivity contribution in [3.8, 4) is 0 Å². The van der Waals surface area contributed by atoms with Gasteiger partial charge >= 0.3 is 11.9 Å². The fourth-order valence-electron chi connectivity index (χ4n) is 1.28. The van der Waals surface area contributed by atoms with Crippen LogP contribution in [-0.2, 0) is 14.3 Å². The van der Waals surface area contributed by atoms with Gasteiger partial charge in [0, 0.05) is 6.92 Å². The first-order valence-corrected chi connectivity index (χ1v) is 5.03. The van der Waals surface area contributed by atoms with Crippen molar-refractivity contribution in [3.05, 3.63) is 0 Å². The predicted octanol–water partition coefficient (Wildman–Crippen LogP) is 1.20. The average molecular weight is 201 g/mol. The highest BCUT2D eigenvalue weighted by molar-refractivity contribution is 5.85. The second-order valence-corrected chi connectivity index (χ2v) is 3.24. The van der Waals surface area contributed by atoms with E-state index in [9.17, 15) is 9.59 Å². The van der Waals surface area contributed by atoms with Gasteiger partial charge in [-0.15, -0.1) is 0 Å². The van der Waals surface area contributed by atoms with Crippen LogP contribution in [0.3, 0.4) is 0 Å². The van der Waals surface area contributed by atoms with Crippen LogP contribution in [0.2, 0.25) is 0 Å². The lowest BCUT2D eigenvalue weighted by Gasteiger charge is -2.18. The Morgan fingerprint density at radius 3 is 2.00 bits per heavy atom. The zero-order valence-electron chi connectivity index (χ0n) is 9.21. The summed E-state index contributed by atoms with van der Waals surface area (Å²) in [5, 5.41) is 0. The summed E-state index contributed by atoms with van der Waals surface area (Å²) in [5.74, 6) is -0.998. The van der Waals surface area contributed by atoms with Crippen molar-refractivity contribution in [2.24, 2.45) is 0 Å². The van der Waals surface area contributed by atoms with Crippen LogP contribution in [0.1, 0.15) is 33.6 Å². The summed E-state index contributed by atoms with van der Waals surface area (Å²) in [6.45, 7) is 7.28. The van der Waals surface area contributed by atoms with E-state index in [-0.39, 0.29) is 6.54 Å². The van der Waals surface area contributed by atoms with Crippen LogP contribution in [0.4, 0.5) is 0 Å². The molecular formula is C10H19NO3. The minimum absolute atomic E-state index is 0.210. The van der Waals surface area contributed by atoms with Crippen LogP contribution < -0.4 is 0 Å². The second kappa shape index (κ2) is 7.50. The molecule has 82 valence electrons. The smallest absolute Gasteiger partial charge is 0.327 e. The number of rotatable bonds is 6. The monoisotopic (exact) mass is 201 g/mol. The number of nitrogens with zero attached hydrogens (tertiary/aromatic N) is 1. The molecule has 0 spiro atoms. The number of esters is 2.